The Balaban J connectivity index is 1.84. The van der Waals surface area contributed by atoms with Crippen LogP contribution in [0.3, 0.4) is 0 Å². The van der Waals surface area contributed by atoms with E-state index >= 15 is 0 Å². The van der Waals surface area contributed by atoms with Crippen LogP contribution in [0.15, 0.2) is 35.1 Å². The molecule has 4 rings (SSSR count). The largest absolute Gasteiger partial charge is 0.469 e. The number of nitrogens with zero attached hydrogens (tertiary/aromatic N) is 2. The summed E-state index contributed by atoms with van der Waals surface area (Å²) in [5.41, 5.74) is 2.36. The van der Waals surface area contributed by atoms with Crippen LogP contribution >= 0.6 is 11.3 Å². The van der Waals surface area contributed by atoms with Crippen molar-refractivity contribution in [1.29, 1.82) is 0 Å². The molecule has 5 nitrogen and oxygen atoms in total. The Morgan fingerprint density at radius 1 is 1.27 bits per heavy atom. The first-order valence-corrected chi connectivity index (χ1v) is 11.2. The Bertz CT molecular complexity index is 1140. The molecule has 0 saturated carbocycles. The monoisotopic (exact) mass is 424 g/mol. The first kappa shape index (κ1) is 20.8. The van der Waals surface area contributed by atoms with Gasteiger partial charge in [-0.3, -0.25) is 14.2 Å². The van der Waals surface area contributed by atoms with Crippen molar-refractivity contribution in [2.75, 3.05) is 7.11 Å². The summed E-state index contributed by atoms with van der Waals surface area (Å²) in [6.07, 6.45) is 2.98. The number of rotatable bonds is 4. The number of fused-ring (bicyclic) bond motifs is 3. The maximum Gasteiger partial charge on any atom is 0.313 e. The summed E-state index contributed by atoms with van der Waals surface area (Å²) < 4.78 is 6.50. The Hall–Kier alpha value is -2.47. The molecule has 0 spiro atoms. The van der Waals surface area contributed by atoms with Gasteiger partial charge in [0, 0.05) is 4.88 Å². The predicted molar refractivity (Wildman–Crippen MR) is 120 cm³/mol. The molecule has 3 aromatic rings. The van der Waals surface area contributed by atoms with Crippen molar-refractivity contribution in [2.24, 2.45) is 11.3 Å². The van der Waals surface area contributed by atoms with E-state index in [1.807, 2.05) is 30.3 Å². The summed E-state index contributed by atoms with van der Waals surface area (Å²) in [4.78, 5) is 32.4. The van der Waals surface area contributed by atoms with Crippen LogP contribution in [0.25, 0.3) is 10.2 Å². The third-order valence-electron chi connectivity index (χ3n) is 6.19. The SMILES string of the molecule is COC(=O)Cc1nc2sc3c(c2c(=O)n1Cc1ccccc1)CC[C@H](C(C)(C)C)C3. The zero-order chi connectivity index (χ0) is 21.5. The van der Waals surface area contributed by atoms with Crippen molar-refractivity contribution in [1.82, 2.24) is 9.55 Å². The Kier molecular flexibility index (Phi) is 5.53. The second-order valence-corrected chi connectivity index (χ2v) is 10.2. The average Bonchev–Trinajstić information content (AvgIpc) is 3.08. The predicted octanol–water partition coefficient (Wildman–Crippen LogP) is 4.37. The molecule has 30 heavy (non-hydrogen) atoms. The van der Waals surface area contributed by atoms with E-state index in [1.165, 1.54) is 17.6 Å². The van der Waals surface area contributed by atoms with Crippen molar-refractivity contribution in [3.8, 4) is 0 Å². The lowest BCUT2D eigenvalue weighted by atomic mass is 9.72. The van der Waals surface area contributed by atoms with Gasteiger partial charge >= 0.3 is 5.97 Å². The Morgan fingerprint density at radius 3 is 2.67 bits per heavy atom. The van der Waals surface area contributed by atoms with Gasteiger partial charge in [-0.1, -0.05) is 51.1 Å². The van der Waals surface area contributed by atoms with Crippen LogP contribution in [-0.4, -0.2) is 22.6 Å². The van der Waals surface area contributed by atoms with Gasteiger partial charge in [0.15, 0.2) is 0 Å². The first-order valence-electron chi connectivity index (χ1n) is 10.4. The molecule has 0 fully saturated rings. The summed E-state index contributed by atoms with van der Waals surface area (Å²) in [6, 6.07) is 9.81. The number of hydrogen-bond acceptors (Lipinski definition) is 5. The summed E-state index contributed by atoms with van der Waals surface area (Å²) in [7, 11) is 1.36. The van der Waals surface area contributed by atoms with Crippen LogP contribution < -0.4 is 5.56 Å². The highest BCUT2D eigenvalue weighted by atomic mass is 32.1. The molecule has 158 valence electrons. The molecule has 0 aliphatic heterocycles. The van der Waals surface area contributed by atoms with Gasteiger partial charge in [0.25, 0.3) is 5.56 Å². The molecule has 0 unspecified atom stereocenters. The number of esters is 1. The Labute approximate surface area is 180 Å². The number of aryl methyl sites for hydroxylation is 1. The van der Waals surface area contributed by atoms with Gasteiger partial charge in [0.2, 0.25) is 0 Å². The average molecular weight is 425 g/mol. The minimum Gasteiger partial charge on any atom is -0.469 e. The van der Waals surface area contributed by atoms with Gasteiger partial charge in [-0.05, 0) is 41.7 Å². The van der Waals surface area contributed by atoms with E-state index in [0.717, 1.165) is 35.0 Å². The summed E-state index contributed by atoms with van der Waals surface area (Å²) in [6.45, 7) is 7.25. The highest BCUT2D eigenvalue weighted by molar-refractivity contribution is 7.18. The zero-order valence-corrected chi connectivity index (χ0v) is 18.8. The highest BCUT2D eigenvalue weighted by Crippen LogP contribution is 2.42. The van der Waals surface area contributed by atoms with Crippen molar-refractivity contribution in [2.45, 2.75) is 53.0 Å². The van der Waals surface area contributed by atoms with E-state index in [9.17, 15) is 9.59 Å². The van der Waals surface area contributed by atoms with Gasteiger partial charge < -0.3 is 4.74 Å². The lowest BCUT2D eigenvalue weighted by Crippen LogP contribution is -2.29. The second kappa shape index (κ2) is 7.99. The minimum absolute atomic E-state index is 0.0122. The van der Waals surface area contributed by atoms with Crippen molar-refractivity contribution in [3.05, 3.63) is 62.5 Å². The van der Waals surface area contributed by atoms with Crippen molar-refractivity contribution in [3.63, 3.8) is 0 Å². The Morgan fingerprint density at radius 2 is 2.00 bits per heavy atom. The van der Waals surface area contributed by atoms with Gasteiger partial charge in [-0.2, -0.15) is 0 Å². The smallest absolute Gasteiger partial charge is 0.313 e. The van der Waals surface area contributed by atoms with Crippen LogP contribution in [0.5, 0.6) is 0 Å². The van der Waals surface area contributed by atoms with E-state index in [0.29, 0.717) is 18.3 Å². The number of carbonyl (C=O) groups excluding carboxylic acids is 1. The third kappa shape index (κ3) is 3.93. The maximum absolute atomic E-state index is 13.6. The number of methoxy groups -OCH3 is 1. The molecule has 2 heterocycles. The van der Waals surface area contributed by atoms with Crippen LogP contribution in [0, 0.1) is 11.3 Å². The molecule has 6 heteroatoms. The fourth-order valence-electron chi connectivity index (χ4n) is 4.31. The zero-order valence-electron chi connectivity index (χ0n) is 18.0. The minimum atomic E-state index is -0.392. The number of ether oxygens (including phenoxy) is 1. The number of thiophene rings is 1. The van der Waals surface area contributed by atoms with E-state index < -0.39 is 5.97 Å². The number of aromatic nitrogens is 2. The fraction of sp³-hybridized carbons (Fsp3) is 0.458. The van der Waals surface area contributed by atoms with Crippen LogP contribution in [-0.2, 0) is 35.3 Å². The maximum atomic E-state index is 13.6. The molecular formula is C24H28N2O3S. The number of carbonyl (C=O) groups is 1. The molecule has 1 aromatic carbocycles. The summed E-state index contributed by atoms with van der Waals surface area (Å²) >= 11 is 1.62. The van der Waals surface area contributed by atoms with Crippen molar-refractivity contribution >= 4 is 27.5 Å². The molecule has 1 aliphatic rings. The summed E-state index contributed by atoms with van der Waals surface area (Å²) in [5.74, 6) is 0.672. The quantitative estimate of drug-likeness (QED) is 0.584. The molecule has 1 aliphatic carbocycles. The molecule has 2 aromatic heterocycles. The third-order valence-corrected chi connectivity index (χ3v) is 7.33. The van der Waals surface area contributed by atoms with Crippen LogP contribution in [0.2, 0.25) is 0 Å². The molecule has 0 radical (unpaired) electrons. The first-order chi connectivity index (χ1) is 14.3. The van der Waals surface area contributed by atoms with E-state index in [2.05, 4.69) is 20.8 Å². The van der Waals surface area contributed by atoms with E-state index in [-0.39, 0.29) is 17.4 Å². The molecule has 0 bridgehead atoms. The standard InChI is InChI=1S/C24H28N2O3S/c1-24(2,3)16-10-11-17-18(12-16)30-22-21(17)23(28)26(14-15-8-6-5-7-9-15)19(25-22)13-20(27)29-4/h5-9,16H,10-14H2,1-4H3/t16-/m0/s1. The topological polar surface area (TPSA) is 61.2 Å². The van der Waals surface area contributed by atoms with Crippen LogP contribution in [0.1, 0.15) is 49.0 Å². The molecule has 0 N–H and O–H groups in total. The highest BCUT2D eigenvalue weighted by Gasteiger charge is 2.32. The van der Waals surface area contributed by atoms with Gasteiger partial charge in [0.05, 0.1) is 19.0 Å². The van der Waals surface area contributed by atoms with Gasteiger partial charge in [0.1, 0.15) is 17.1 Å². The molecular weight excluding hydrogens is 396 g/mol. The van der Waals surface area contributed by atoms with Gasteiger partial charge in [-0.25, -0.2) is 4.98 Å². The van der Waals surface area contributed by atoms with Crippen LogP contribution in [0.4, 0.5) is 0 Å². The lowest BCUT2D eigenvalue weighted by Gasteiger charge is -2.33. The summed E-state index contributed by atoms with van der Waals surface area (Å²) in [5, 5.41) is 0.743. The molecule has 1 atom stereocenters. The molecule has 0 amide bonds. The lowest BCUT2D eigenvalue weighted by molar-refractivity contribution is -0.140. The fourth-order valence-corrected chi connectivity index (χ4v) is 5.61. The number of benzene rings is 1. The van der Waals surface area contributed by atoms with E-state index in [1.54, 1.807) is 15.9 Å². The van der Waals surface area contributed by atoms with E-state index in [4.69, 9.17) is 9.72 Å². The number of hydrogen-bond donors (Lipinski definition) is 0. The molecule has 0 saturated heterocycles. The normalized spacial score (nSPS) is 16.5. The van der Waals surface area contributed by atoms with Crippen molar-refractivity contribution < 1.29 is 9.53 Å². The second-order valence-electron chi connectivity index (χ2n) is 9.15. The van der Waals surface area contributed by atoms with Gasteiger partial charge in [-0.15, -0.1) is 11.3 Å².